The predicted molar refractivity (Wildman–Crippen MR) is 70.3 cm³/mol. The minimum absolute atomic E-state index is 0.210. The average molecular weight is 309 g/mol. The van der Waals surface area contributed by atoms with Gasteiger partial charge in [-0.3, -0.25) is 4.79 Å². The molecule has 0 radical (unpaired) electrons. The molecule has 0 N–H and O–H groups in total. The van der Waals surface area contributed by atoms with Crippen LogP contribution in [0.4, 0.5) is 4.39 Å². The van der Waals surface area contributed by atoms with E-state index in [1.54, 1.807) is 0 Å². The van der Waals surface area contributed by atoms with Gasteiger partial charge in [0.2, 0.25) is 0 Å². The van der Waals surface area contributed by atoms with Crippen LogP contribution in [-0.2, 0) is 6.61 Å². The second-order valence-electron chi connectivity index (χ2n) is 3.68. The Labute approximate surface area is 113 Å². The molecule has 0 saturated carbocycles. The summed E-state index contributed by atoms with van der Waals surface area (Å²) in [5.74, 6) is -0.0764. The summed E-state index contributed by atoms with van der Waals surface area (Å²) in [5, 5.41) is 0. The lowest BCUT2D eigenvalue weighted by molar-refractivity contribution is 0.111. The highest BCUT2D eigenvalue weighted by Crippen LogP contribution is 2.22. The van der Waals surface area contributed by atoms with E-state index >= 15 is 0 Å². The summed E-state index contributed by atoms with van der Waals surface area (Å²) in [6.07, 6.45) is 0.582. The lowest BCUT2D eigenvalue weighted by Crippen LogP contribution is -1.99. The summed E-state index contributed by atoms with van der Waals surface area (Å²) in [6.45, 7) is 0.313. The summed E-state index contributed by atoms with van der Waals surface area (Å²) in [5.41, 5.74) is 1.17. The zero-order valence-corrected chi connectivity index (χ0v) is 11.0. The van der Waals surface area contributed by atoms with E-state index in [4.69, 9.17) is 4.74 Å². The smallest absolute Gasteiger partial charge is 0.153 e. The van der Waals surface area contributed by atoms with Crippen molar-refractivity contribution in [3.63, 3.8) is 0 Å². The normalized spacial score (nSPS) is 10.1. The molecule has 18 heavy (non-hydrogen) atoms. The summed E-state index contributed by atoms with van der Waals surface area (Å²) in [7, 11) is 0. The molecule has 0 saturated heterocycles. The monoisotopic (exact) mass is 308 g/mol. The lowest BCUT2D eigenvalue weighted by Gasteiger charge is -2.09. The van der Waals surface area contributed by atoms with E-state index in [9.17, 15) is 9.18 Å². The molecule has 0 amide bonds. The van der Waals surface area contributed by atoms with Gasteiger partial charge in [-0.15, -0.1) is 0 Å². The van der Waals surface area contributed by atoms with E-state index in [1.165, 1.54) is 12.1 Å². The van der Waals surface area contributed by atoms with Crippen molar-refractivity contribution in [2.75, 3.05) is 0 Å². The molecular weight excluding hydrogens is 299 g/mol. The van der Waals surface area contributed by atoms with Crippen molar-refractivity contribution in [1.29, 1.82) is 0 Å². The Kier molecular flexibility index (Phi) is 4.10. The zero-order chi connectivity index (χ0) is 13.0. The van der Waals surface area contributed by atoms with Gasteiger partial charge in [0, 0.05) is 10.0 Å². The summed E-state index contributed by atoms with van der Waals surface area (Å²) >= 11 is 3.41. The van der Waals surface area contributed by atoms with Gasteiger partial charge >= 0.3 is 0 Å². The molecule has 2 rings (SSSR count). The highest BCUT2D eigenvalue weighted by atomic mass is 79.9. The first-order valence-electron chi connectivity index (χ1n) is 5.31. The van der Waals surface area contributed by atoms with Crippen molar-refractivity contribution in [1.82, 2.24) is 0 Å². The van der Waals surface area contributed by atoms with Crippen LogP contribution < -0.4 is 4.74 Å². The number of carbonyl (C=O) groups excluding carboxylic acids is 1. The first-order valence-corrected chi connectivity index (χ1v) is 6.11. The number of hydrogen-bond donors (Lipinski definition) is 0. The number of carbonyl (C=O) groups is 1. The number of hydrogen-bond acceptors (Lipinski definition) is 2. The molecule has 0 aliphatic carbocycles. The van der Waals surface area contributed by atoms with Crippen molar-refractivity contribution >= 4 is 22.2 Å². The first kappa shape index (κ1) is 12.8. The molecule has 0 aliphatic rings. The van der Waals surface area contributed by atoms with Gasteiger partial charge in [0.1, 0.15) is 18.2 Å². The van der Waals surface area contributed by atoms with E-state index in [0.717, 1.165) is 16.1 Å². The van der Waals surface area contributed by atoms with E-state index in [1.807, 2.05) is 24.3 Å². The maximum Gasteiger partial charge on any atom is 0.153 e. The van der Waals surface area contributed by atoms with Crippen molar-refractivity contribution < 1.29 is 13.9 Å². The van der Waals surface area contributed by atoms with Gasteiger partial charge in [-0.05, 0) is 24.3 Å². The minimum Gasteiger partial charge on any atom is -0.488 e. The Bertz CT molecular complexity index is 569. The van der Waals surface area contributed by atoms with Gasteiger partial charge < -0.3 is 4.74 Å². The quantitative estimate of drug-likeness (QED) is 0.799. The van der Waals surface area contributed by atoms with Crippen LogP contribution in [0.5, 0.6) is 5.75 Å². The van der Waals surface area contributed by atoms with Crippen molar-refractivity contribution in [3.8, 4) is 5.75 Å². The zero-order valence-electron chi connectivity index (χ0n) is 9.40. The van der Waals surface area contributed by atoms with E-state index in [-0.39, 0.29) is 5.56 Å². The van der Waals surface area contributed by atoms with Crippen LogP contribution in [0.3, 0.4) is 0 Å². The summed E-state index contributed by atoms with van der Waals surface area (Å²) < 4.78 is 19.4. The van der Waals surface area contributed by atoms with Crippen molar-refractivity contribution in [2.45, 2.75) is 6.61 Å². The number of ether oxygens (including phenoxy) is 1. The van der Waals surface area contributed by atoms with Crippen LogP contribution in [0, 0.1) is 5.82 Å². The highest BCUT2D eigenvalue weighted by molar-refractivity contribution is 9.10. The molecule has 0 spiro atoms. The lowest BCUT2D eigenvalue weighted by atomic mass is 10.2. The molecule has 0 heterocycles. The van der Waals surface area contributed by atoms with E-state index < -0.39 is 5.82 Å². The fraction of sp³-hybridized carbons (Fsp3) is 0.0714. The van der Waals surface area contributed by atoms with Crippen LogP contribution in [-0.4, -0.2) is 6.29 Å². The van der Waals surface area contributed by atoms with Gasteiger partial charge in [0.05, 0.1) is 5.56 Å². The summed E-state index contributed by atoms with van der Waals surface area (Å²) in [4.78, 5) is 10.8. The molecule has 2 aromatic carbocycles. The van der Waals surface area contributed by atoms with E-state index in [0.29, 0.717) is 18.6 Å². The number of halogens is 2. The predicted octanol–water partition coefficient (Wildman–Crippen LogP) is 3.98. The SMILES string of the molecule is O=Cc1cc(F)ccc1OCc1ccccc1Br. The molecule has 0 aromatic heterocycles. The molecule has 0 aliphatic heterocycles. The fourth-order valence-corrected chi connectivity index (χ4v) is 1.91. The third kappa shape index (κ3) is 2.96. The minimum atomic E-state index is -0.453. The Hall–Kier alpha value is -1.68. The molecule has 0 bridgehead atoms. The van der Waals surface area contributed by atoms with Gasteiger partial charge in [0.15, 0.2) is 6.29 Å². The third-order valence-electron chi connectivity index (χ3n) is 2.44. The standard InChI is InChI=1S/C14H10BrFO2/c15-13-4-2-1-3-10(13)9-18-14-6-5-12(16)7-11(14)8-17/h1-8H,9H2. The van der Waals surface area contributed by atoms with Gasteiger partial charge in [-0.1, -0.05) is 34.1 Å². The maximum atomic E-state index is 12.9. The molecular formula is C14H10BrFO2. The molecule has 4 heteroatoms. The van der Waals surface area contributed by atoms with Crippen LogP contribution in [0.1, 0.15) is 15.9 Å². The fourth-order valence-electron chi connectivity index (χ4n) is 1.51. The number of benzene rings is 2. The molecule has 92 valence electrons. The third-order valence-corrected chi connectivity index (χ3v) is 3.21. The molecule has 2 nitrogen and oxygen atoms in total. The Balaban J connectivity index is 2.16. The van der Waals surface area contributed by atoms with Crippen molar-refractivity contribution in [3.05, 3.63) is 63.9 Å². The van der Waals surface area contributed by atoms with Gasteiger partial charge in [0.25, 0.3) is 0 Å². The number of rotatable bonds is 4. The molecule has 0 unspecified atom stereocenters. The summed E-state index contributed by atoms with van der Waals surface area (Å²) in [6, 6.07) is 11.5. The van der Waals surface area contributed by atoms with Crippen molar-refractivity contribution in [2.24, 2.45) is 0 Å². The number of aldehydes is 1. The Morgan fingerprint density at radius 1 is 1.22 bits per heavy atom. The van der Waals surface area contributed by atoms with Crippen LogP contribution in [0.25, 0.3) is 0 Å². The Morgan fingerprint density at radius 2 is 2.00 bits per heavy atom. The first-order chi connectivity index (χ1) is 8.70. The maximum absolute atomic E-state index is 12.9. The molecule has 2 aromatic rings. The second-order valence-corrected chi connectivity index (χ2v) is 4.53. The largest absolute Gasteiger partial charge is 0.488 e. The van der Waals surface area contributed by atoms with Gasteiger partial charge in [-0.2, -0.15) is 0 Å². The molecule has 0 atom stereocenters. The highest BCUT2D eigenvalue weighted by Gasteiger charge is 2.06. The van der Waals surface area contributed by atoms with Gasteiger partial charge in [-0.25, -0.2) is 4.39 Å². The molecule has 0 fully saturated rings. The average Bonchev–Trinajstić information content (AvgIpc) is 2.39. The topological polar surface area (TPSA) is 26.3 Å². The van der Waals surface area contributed by atoms with Crippen LogP contribution in [0.2, 0.25) is 0 Å². The van der Waals surface area contributed by atoms with E-state index in [2.05, 4.69) is 15.9 Å². The van der Waals surface area contributed by atoms with Crippen LogP contribution >= 0.6 is 15.9 Å². The van der Waals surface area contributed by atoms with Crippen LogP contribution in [0.15, 0.2) is 46.9 Å². The second kappa shape index (κ2) is 5.78. The Morgan fingerprint density at radius 3 is 2.72 bits per heavy atom.